The van der Waals surface area contributed by atoms with Crippen LogP contribution in [0.3, 0.4) is 0 Å². The lowest BCUT2D eigenvalue weighted by Crippen LogP contribution is -2.33. The van der Waals surface area contributed by atoms with Crippen molar-refractivity contribution in [3.63, 3.8) is 0 Å². The summed E-state index contributed by atoms with van der Waals surface area (Å²) >= 11 is 0. The van der Waals surface area contributed by atoms with Gasteiger partial charge in [-0.15, -0.1) is 0 Å². The van der Waals surface area contributed by atoms with E-state index < -0.39 is 0 Å². The van der Waals surface area contributed by atoms with E-state index in [2.05, 4.69) is 42.0 Å². The summed E-state index contributed by atoms with van der Waals surface area (Å²) < 4.78 is 2.12. The molecule has 0 aliphatic carbocycles. The molecule has 1 aliphatic heterocycles. The van der Waals surface area contributed by atoms with Crippen molar-refractivity contribution in [2.45, 2.75) is 26.8 Å². The fraction of sp³-hybridized carbons (Fsp3) is 0.583. The van der Waals surface area contributed by atoms with E-state index in [4.69, 9.17) is 0 Å². The molecule has 0 atom stereocenters. The van der Waals surface area contributed by atoms with E-state index in [0.717, 1.165) is 6.54 Å². The number of aromatic nitrogens is 1. The second-order valence-corrected chi connectivity index (χ2v) is 3.65. The summed E-state index contributed by atoms with van der Waals surface area (Å²) in [6.45, 7) is 6.30. The highest BCUT2D eigenvalue weighted by Crippen LogP contribution is 2.14. The molecule has 1 aliphatic rings. The van der Waals surface area contributed by atoms with Crippen LogP contribution in [-0.4, -0.2) is 18.5 Å². The van der Waals surface area contributed by atoms with Gasteiger partial charge in [-0.3, -0.25) is 0 Å². The second kappa shape index (κ2) is 5.11. The van der Waals surface area contributed by atoms with Gasteiger partial charge in [-0.05, 0) is 19.0 Å². The van der Waals surface area contributed by atoms with Gasteiger partial charge in [-0.25, -0.2) is 4.57 Å². The quantitative estimate of drug-likeness (QED) is 0.567. The topological polar surface area (TPSA) is 7.12 Å². The Hall–Kier alpha value is -0.890. The zero-order valence-electron chi connectivity index (χ0n) is 9.75. The molecule has 1 aromatic rings. The van der Waals surface area contributed by atoms with Crippen molar-refractivity contribution in [3.05, 3.63) is 29.6 Å². The Morgan fingerprint density at radius 2 is 2.00 bits per heavy atom. The molecule has 0 unspecified atom stereocenters. The number of hydrogen-bond donors (Lipinski definition) is 0. The summed E-state index contributed by atoms with van der Waals surface area (Å²) in [5.41, 5.74) is 3.00. The van der Waals surface area contributed by atoms with Crippen LogP contribution in [0.5, 0.6) is 0 Å². The molecule has 0 amide bonds. The Morgan fingerprint density at radius 3 is 2.71 bits per heavy atom. The minimum absolute atomic E-state index is 1.10. The first-order chi connectivity index (χ1) is 6.75. The third-order valence-electron chi connectivity index (χ3n) is 2.49. The molecule has 0 N–H and O–H groups in total. The first-order valence-corrected chi connectivity index (χ1v) is 5.41. The van der Waals surface area contributed by atoms with Gasteiger partial charge in [-0.1, -0.05) is 13.8 Å². The third-order valence-corrected chi connectivity index (χ3v) is 2.49. The van der Waals surface area contributed by atoms with Crippen molar-refractivity contribution in [2.24, 2.45) is 7.05 Å². The average molecular weight is 193 g/mol. The molecule has 78 valence electrons. The van der Waals surface area contributed by atoms with E-state index >= 15 is 0 Å². The van der Waals surface area contributed by atoms with E-state index in [1.54, 1.807) is 0 Å². The minimum Gasteiger partial charge on any atom is -0.302 e. The van der Waals surface area contributed by atoms with Crippen molar-refractivity contribution in [1.82, 2.24) is 4.90 Å². The molecule has 2 heteroatoms. The molecular weight excluding hydrogens is 172 g/mol. The molecule has 0 saturated heterocycles. The number of hydrogen-bond acceptors (Lipinski definition) is 1. The summed E-state index contributed by atoms with van der Waals surface area (Å²) in [6, 6.07) is 2.24. The fourth-order valence-electron chi connectivity index (χ4n) is 1.75. The van der Waals surface area contributed by atoms with Crippen molar-refractivity contribution in [2.75, 3.05) is 13.6 Å². The SMILES string of the molecule is CC.CN1CCc2cc[n+](C)cc2C1. The first-order valence-electron chi connectivity index (χ1n) is 5.41. The van der Waals surface area contributed by atoms with E-state index in [1.165, 1.54) is 24.1 Å². The molecule has 0 spiro atoms. The third kappa shape index (κ3) is 2.55. The van der Waals surface area contributed by atoms with Gasteiger partial charge in [0, 0.05) is 24.7 Å². The molecule has 1 aromatic heterocycles. The lowest BCUT2D eigenvalue weighted by atomic mass is 10.0. The highest BCUT2D eigenvalue weighted by Gasteiger charge is 2.14. The summed E-state index contributed by atoms with van der Waals surface area (Å²) in [4.78, 5) is 2.36. The fourth-order valence-corrected chi connectivity index (χ4v) is 1.75. The van der Waals surface area contributed by atoms with E-state index in [-0.39, 0.29) is 0 Å². The Labute approximate surface area is 87.2 Å². The van der Waals surface area contributed by atoms with Crippen LogP contribution in [0.4, 0.5) is 0 Å². The molecule has 0 radical (unpaired) electrons. The van der Waals surface area contributed by atoms with E-state index in [1.807, 2.05) is 13.8 Å². The molecule has 0 saturated carbocycles. The standard InChI is InChI=1S/C10H15N2.C2H6/c1-11-5-3-9-4-6-12(2)8-10(9)7-11;1-2/h3,5,7H,4,6,8H2,1-2H3;1-2H3/q+1;. The monoisotopic (exact) mass is 193 g/mol. The summed E-state index contributed by atoms with van der Waals surface area (Å²) in [6.07, 6.45) is 5.56. The maximum absolute atomic E-state index is 2.36. The van der Waals surface area contributed by atoms with Crippen LogP contribution >= 0.6 is 0 Å². The predicted octanol–water partition coefficient (Wildman–Crippen LogP) is 1.53. The number of nitrogens with zero attached hydrogens (tertiary/aromatic N) is 2. The minimum atomic E-state index is 1.10. The number of rotatable bonds is 0. The first kappa shape index (κ1) is 11.2. The maximum Gasteiger partial charge on any atom is 0.173 e. The largest absolute Gasteiger partial charge is 0.302 e. The Kier molecular flexibility index (Phi) is 4.08. The van der Waals surface area contributed by atoms with Gasteiger partial charge in [0.2, 0.25) is 0 Å². The van der Waals surface area contributed by atoms with Gasteiger partial charge in [0.25, 0.3) is 0 Å². The van der Waals surface area contributed by atoms with Crippen LogP contribution < -0.4 is 4.57 Å². The highest BCUT2D eigenvalue weighted by atomic mass is 15.1. The average Bonchev–Trinajstić information content (AvgIpc) is 2.20. The number of pyridine rings is 1. The lowest BCUT2D eigenvalue weighted by molar-refractivity contribution is -0.672. The molecule has 0 fully saturated rings. The van der Waals surface area contributed by atoms with E-state index in [0.29, 0.717) is 0 Å². The molecular formula is C12H21N2+. The van der Waals surface area contributed by atoms with Crippen molar-refractivity contribution < 1.29 is 4.57 Å². The molecule has 0 aromatic carbocycles. The predicted molar refractivity (Wildman–Crippen MR) is 59.0 cm³/mol. The number of likely N-dealkylation sites (N-methyl/N-ethyl adjacent to an activating group) is 1. The number of aryl methyl sites for hydroxylation is 1. The molecule has 0 bridgehead atoms. The van der Waals surface area contributed by atoms with Crippen molar-refractivity contribution >= 4 is 0 Å². The lowest BCUT2D eigenvalue weighted by Gasteiger charge is -2.23. The second-order valence-electron chi connectivity index (χ2n) is 3.65. The van der Waals surface area contributed by atoms with Gasteiger partial charge in [-0.2, -0.15) is 0 Å². The van der Waals surface area contributed by atoms with Crippen LogP contribution in [0.15, 0.2) is 18.5 Å². The highest BCUT2D eigenvalue weighted by molar-refractivity contribution is 5.23. The smallest absolute Gasteiger partial charge is 0.173 e. The van der Waals surface area contributed by atoms with Crippen molar-refractivity contribution in [1.29, 1.82) is 0 Å². The number of fused-ring (bicyclic) bond motifs is 1. The zero-order valence-corrected chi connectivity index (χ0v) is 9.75. The Bertz CT molecular complexity index is 294. The van der Waals surface area contributed by atoms with Gasteiger partial charge in [0.05, 0.1) is 0 Å². The summed E-state index contributed by atoms with van der Waals surface area (Å²) in [5.74, 6) is 0. The van der Waals surface area contributed by atoms with Gasteiger partial charge >= 0.3 is 0 Å². The Morgan fingerprint density at radius 1 is 1.29 bits per heavy atom. The van der Waals surface area contributed by atoms with Crippen LogP contribution in [0.2, 0.25) is 0 Å². The maximum atomic E-state index is 2.36. The molecule has 2 nitrogen and oxygen atoms in total. The normalized spacial score (nSPS) is 15.4. The Balaban J connectivity index is 0.000000461. The molecule has 2 rings (SSSR count). The molecule has 2 heterocycles. The van der Waals surface area contributed by atoms with Crippen molar-refractivity contribution in [3.8, 4) is 0 Å². The molecule has 14 heavy (non-hydrogen) atoms. The van der Waals surface area contributed by atoms with Crippen LogP contribution in [-0.2, 0) is 20.0 Å². The van der Waals surface area contributed by atoms with Crippen LogP contribution in [0.25, 0.3) is 0 Å². The van der Waals surface area contributed by atoms with Gasteiger partial charge in [0.1, 0.15) is 7.05 Å². The summed E-state index contributed by atoms with van der Waals surface area (Å²) in [5, 5.41) is 0. The van der Waals surface area contributed by atoms with Crippen LogP contribution in [0.1, 0.15) is 25.0 Å². The van der Waals surface area contributed by atoms with Crippen LogP contribution in [0, 0.1) is 0 Å². The van der Waals surface area contributed by atoms with Gasteiger partial charge in [0.15, 0.2) is 12.4 Å². The zero-order chi connectivity index (χ0) is 10.6. The van der Waals surface area contributed by atoms with Gasteiger partial charge < -0.3 is 4.90 Å². The summed E-state index contributed by atoms with van der Waals surface area (Å²) in [7, 11) is 4.25. The van der Waals surface area contributed by atoms with E-state index in [9.17, 15) is 0 Å².